The lowest BCUT2D eigenvalue weighted by Crippen LogP contribution is -2.59. The Morgan fingerprint density at radius 3 is 2.62 bits per heavy atom. The van der Waals surface area contributed by atoms with E-state index in [1.54, 1.807) is 25.1 Å². The monoisotopic (exact) mass is 820 g/mol. The Morgan fingerprint density at radius 2 is 1.88 bits per heavy atom. The van der Waals surface area contributed by atoms with Crippen molar-refractivity contribution in [1.82, 2.24) is 30.1 Å². The molecule has 1 aromatic carbocycles. The first kappa shape index (κ1) is 41.3. The first-order valence-corrected chi connectivity index (χ1v) is 22.0. The molecule has 3 N–H and O–H groups in total. The van der Waals surface area contributed by atoms with E-state index < -0.39 is 68.7 Å². The molecule has 5 bridgehead atoms. The number of carbonyl (C=O) groups is 4. The fraction of sp³-hybridized carbons (Fsp3) is 0.595. The van der Waals surface area contributed by atoms with Gasteiger partial charge >= 0.3 is 6.03 Å². The van der Waals surface area contributed by atoms with Crippen LogP contribution in [0.4, 0.5) is 4.79 Å². The SMILES string of the molecule is CCOc1cc2c3cc(c(OC)cc3n1)/C=C/CC(C)(C)CN(C)C(=O)N[C@H]1CCCCC/C=C\[C@@H]3C[C@@]3(C(=O)NS(=O)(=O)C3CC3)NC(=O)[C@@H]3C[C@H](CN3C1=O)O2. The highest BCUT2D eigenvalue weighted by molar-refractivity contribution is 7.91. The molecule has 0 unspecified atom stereocenters. The largest absolute Gasteiger partial charge is 0.496 e. The number of fused-ring (bicyclic) bond motifs is 4. The molecule has 2 aromatic rings. The van der Waals surface area contributed by atoms with E-state index in [1.165, 1.54) is 4.90 Å². The maximum absolute atomic E-state index is 14.8. The quantitative estimate of drug-likeness (QED) is 0.352. The van der Waals surface area contributed by atoms with Crippen LogP contribution < -0.4 is 29.6 Å². The predicted octanol–water partition coefficient (Wildman–Crippen LogP) is 4.45. The van der Waals surface area contributed by atoms with Crippen molar-refractivity contribution in [2.45, 2.75) is 114 Å². The molecule has 2 saturated carbocycles. The number of rotatable bonds is 6. The highest BCUT2D eigenvalue weighted by atomic mass is 32.2. The van der Waals surface area contributed by atoms with Crippen molar-refractivity contribution in [2.75, 3.05) is 33.9 Å². The third-order valence-electron chi connectivity index (χ3n) is 11.8. The van der Waals surface area contributed by atoms with Crippen LogP contribution in [0.5, 0.6) is 17.4 Å². The maximum Gasteiger partial charge on any atom is 0.317 e. The summed E-state index contributed by atoms with van der Waals surface area (Å²) in [5.74, 6) is -0.892. The molecule has 3 aliphatic heterocycles. The van der Waals surface area contributed by atoms with Gasteiger partial charge < -0.3 is 34.6 Å². The molecule has 3 fully saturated rings. The van der Waals surface area contributed by atoms with Crippen molar-refractivity contribution in [2.24, 2.45) is 11.3 Å². The molecule has 0 radical (unpaired) electrons. The lowest BCUT2D eigenvalue weighted by molar-refractivity contribution is -0.141. The van der Waals surface area contributed by atoms with Gasteiger partial charge in [-0.1, -0.05) is 51.0 Å². The number of hydrogen-bond acceptors (Lipinski definition) is 10. The molecule has 15 nitrogen and oxygen atoms in total. The fourth-order valence-electron chi connectivity index (χ4n) is 8.41. The summed E-state index contributed by atoms with van der Waals surface area (Å²) in [7, 11) is -0.606. The highest BCUT2D eigenvalue weighted by Gasteiger charge is 2.62. The smallest absolute Gasteiger partial charge is 0.317 e. The topological polar surface area (TPSA) is 186 Å². The van der Waals surface area contributed by atoms with Crippen molar-refractivity contribution in [1.29, 1.82) is 0 Å². The van der Waals surface area contributed by atoms with Crippen LogP contribution >= 0.6 is 0 Å². The zero-order valence-electron chi connectivity index (χ0n) is 34.0. The molecule has 1 saturated heterocycles. The molecule has 1 aromatic heterocycles. The third-order valence-corrected chi connectivity index (χ3v) is 13.6. The number of aromatic nitrogens is 1. The molecule has 58 heavy (non-hydrogen) atoms. The number of urea groups is 1. The van der Waals surface area contributed by atoms with Gasteiger partial charge in [-0.25, -0.2) is 18.2 Å². The lowest BCUT2D eigenvalue weighted by atomic mass is 9.88. The Labute approximate surface area is 340 Å². The molecular formula is C42H56N6O9S. The summed E-state index contributed by atoms with van der Waals surface area (Å²) in [6, 6.07) is 3.00. The summed E-state index contributed by atoms with van der Waals surface area (Å²) >= 11 is 0. The van der Waals surface area contributed by atoms with Gasteiger partial charge in [0.15, 0.2) is 0 Å². The van der Waals surface area contributed by atoms with Crippen LogP contribution in [0.1, 0.15) is 90.5 Å². The van der Waals surface area contributed by atoms with E-state index >= 15 is 0 Å². The number of allylic oxidation sites excluding steroid dienone is 2. The first-order chi connectivity index (χ1) is 27.6. The van der Waals surface area contributed by atoms with Gasteiger partial charge in [-0.2, -0.15) is 0 Å². The molecule has 2 aliphatic carbocycles. The second kappa shape index (κ2) is 16.4. The van der Waals surface area contributed by atoms with Crippen molar-refractivity contribution in [3.8, 4) is 17.4 Å². The Bertz CT molecular complexity index is 2120. The van der Waals surface area contributed by atoms with Crippen LogP contribution in [-0.4, -0.2) is 110 Å². The van der Waals surface area contributed by atoms with Gasteiger partial charge in [0.25, 0.3) is 5.91 Å². The second-order valence-electron chi connectivity index (χ2n) is 17.1. The summed E-state index contributed by atoms with van der Waals surface area (Å²) in [5.41, 5.74) is -0.496. The van der Waals surface area contributed by atoms with Gasteiger partial charge in [0.05, 0.1) is 31.0 Å². The fourth-order valence-corrected chi connectivity index (χ4v) is 9.78. The van der Waals surface area contributed by atoms with E-state index in [2.05, 4.69) is 29.2 Å². The van der Waals surface area contributed by atoms with Gasteiger partial charge in [-0.05, 0) is 63.4 Å². The Morgan fingerprint density at radius 1 is 1.09 bits per heavy atom. The van der Waals surface area contributed by atoms with Gasteiger partial charge in [-0.15, -0.1) is 0 Å². The van der Waals surface area contributed by atoms with E-state index in [-0.39, 0.29) is 24.8 Å². The normalized spacial score (nSPS) is 29.1. The summed E-state index contributed by atoms with van der Waals surface area (Å²) in [5, 5.41) is 5.97. The Balaban J connectivity index is 1.29. The van der Waals surface area contributed by atoms with E-state index in [4.69, 9.17) is 19.2 Å². The number of pyridine rings is 1. The van der Waals surface area contributed by atoms with E-state index in [1.807, 2.05) is 43.4 Å². The molecule has 16 heteroatoms. The van der Waals surface area contributed by atoms with Gasteiger partial charge in [0, 0.05) is 49.0 Å². The van der Waals surface area contributed by atoms with Crippen LogP contribution in [0.15, 0.2) is 36.4 Å². The summed E-state index contributed by atoms with van der Waals surface area (Å²) in [4.78, 5) is 64.8. The van der Waals surface area contributed by atoms with Crippen LogP contribution in [0.3, 0.4) is 0 Å². The van der Waals surface area contributed by atoms with Crippen LogP contribution in [-0.2, 0) is 24.4 Å². The minimum absolute atomic E-state index is 0.00144. The first-order valence-electron chi connectivity index (χ1n) is 20.5. The van der Waals surface area contributed by atoms with Crippen molar-refractivity contribution in [3.05, 3.63) is 42.0 Å². The molecule has 5 amide bonds. The Kier molecular flexibility index (Phi) is 11.7. The van der Waals surface area contributed by atoms with Gasteiger partial charge in [0.2, 0.25) is 27.7 Å². The highest BCUT2D eigenvalue weighted by Crippen LogP contribution is 2.46. The van der Waals surface area contributed by atoms with Gasteiger partial charge in [-0.3, -0.25) is 19.1 Å². The zero-order valence-corrected chi connectivity index (χ0v) is 34.9. The minimum atomic E-state index is -3.90. The van der Waals surface area contributed by atoms with Crippen LogP contribution in [0.2, 0.25) is 0 Å². The minimum Gasteiger partial charge on any atom is -0.496 e. The molecule has 5 aliphatic rings. The standard InChI is InChI=1S/C42H56N6O9S/c1-6-56-36-22-35-30-19-26(34(55-5)21-32(30)43-36)13-12-18-41(2,3)25-47(4)40(52)44-31-15-11-9-7-8-10-14-27-23-42(27,39(51)46-58(53,54)29-16-17-29)45-37(49)33-20-28(57-35)24-48(33)38(31)50/h10,12-14,19,21-22,27-29,31,33H,6-9,11,15-18,20,23-25H2,1-5H3,(H,44,52)(H,45,49)(H,46,51)/b13-12+,14-10-/t27-,28-,31+,33+,42-/m1/s1. The second-order valence-corrected chi connectivity index (χ2v) is 19.1. The molecule has 0 spiro atoms. The third kappa shape index (κ3) is 8.91. The zero-order chi connectivity index (χ0) is 41.4. The number of sulfonamides is 1. The van der Waals surface area contributed by atoms with E-state index in [0.29, 0.717) is 80.0 Å². The molecular weight excluding hydrogens is 765 g/mol. The number of hydrogen-bond donors (Lipinski definition) is 3. The number of ether oxygens (including phenoxy) is 3. The van der Waals surface area contributed by atoms with E-state index in [0.717, 1.165) is 18.4 Å². The molecule has 4 heterocycles. The number of methoxy groups -OCH3 is 1. The summed E-state index contributed by atoms with van der Waals surface area (Å²) < 4.78 is 46.4. The summed E-state index contributed by atoms with van der Waals surface area (Å²) in [6.07, 6.45) is 12.3. The summed E-state index contributed by atoms with van der Waals surface area (Å²) in [6.45, 7) is 6.74. The number of amides is 5. The maximum atomic E-state index is 14.8. The Hall–Kier alpha value is -4.86. The average Bonchev–Trinajstić information content (AvgIpc) is 4.09. The number of nitrogens with one attached hydrogen (secondary N) is 3. The average molecular weight is 821 g/mol. The molecule has 7 rings (SSSR count). The van der Waals surface area contributed by atoms with E-state index in [9.17, 15) is 27.6 Å². The van der Waals surface area contributed by atoms with Crippen molar-refractivity contribution >= 4 is 50.8 Å². The van der Waals surface area contributed by atoms with Gasteiger partial charge in [0.1, 0.15) is 35.2 Å². The number of carbonyl (C=O) groups excluding carboxylic acids is 4. The van der Waals surface area contributed by atoms with Crippen LogP contribution in [0.25, 0.3) is 17.0 Å². The van der Waals surface area contributed by atoms with Crippen molar-refractivity contribution in [3.63, 3.8) is 0 Å². The predicted molar refractivity (Wildman–Crippen MR) is 218 cm³/mol. The molecule has 5 atom stereocenters. The van der Waals surface area contributed by atoms with Crippen molar-refractivity contribution < 1.29 is 41.8 Å². The van der Waals surface area contributed by atoms with Crippen LogP contribution in [0, 0.1) is 11.3 Å². The lowest BCUT2D eigenvalue weighted by Gasteiger charge is -2.33. The number of nitrogens with zero attached hydrogens (tertiary/aromatic N) is 3. The number of benzene rings is 1. The molecule has 314 valence electrons.